The van der Waals surface area contributed by atoms with Crippen LogP contribution in [0.1, 0.15) is 49.7 Å². The van der Waals surface area contributed by atoms with Crippen LogP contribution in [0.2, 0.25) is 0 Å². The maximum atomic E-state index is 10.7. The monoisotopic (exact) mass is 552 g/mol. The minimum Gasteiger partial charge on any atom is -0.870 e. The van der Waals surface area contributed by atoms with Crippen LogP contribution >= 0.6 is 0 Å². The van der Waals surface area contributed by atoms with Crippen LogP contribution in [0.5, 0.6) is 0 Å². The van der Waals surface area contributed by atoms with E-state index in [1.165, 1.54) is 11.1 Å². The number of rotatable bonds is 4. The minimum absolute atomic E-state index is 0. The largest absolute Gasteiger partial charge is 2.00 e. The predicted octanol–water partition coefficient (Wildman–Crippen LogP) is 5.52. The molecule has 9 heteroatoms. The van der Waals surface area contributed by atoms with Crippen molar-refractivity contribution in [3.8, 4) is 0 Å². The quantitative estimate of drug-likeness (QED) is 0.285. The van der Waals surface area contributed by atoms with Gasteiger partial charge in [-0.05, 0) is 49.7 Å². The molecule has 0 saturated heterocycles. The van der Waals surface area contributed by atoms with Gasteiger partial charge in [0.05, 0.1) is 0 Å². The molecule has 166 valence electrons. The Balaban J connectivity index is -0.000000356. The SMILES string of the molecule is O=S(=O)([O-])C(F)(F)F.[CH2]C(CC)c1ccccc1.[CH2]C(CC)c1ccccc1.[OH-].[Sn+2]. The van der Waals surface area contributed by atoms with Gasteiger partial charge in [0, 0.05) is 0 Å². The van der Waals surface area contributed by atoms with Gasteiger partial charge in [-0.2, -0.15) is 13.2 Å². The average Bonchev–Trinajstić information content (AvgIpc) is 2.67. The van der Waals surface area contributed by atoms with Crippen LogP contribution in [0.15, 0.2) is 60.7 Å². The molecule has 1 N–H and O–H groups in total. The van der Waals surface area contributed by atoms with Crippen LogP contribution < -0.4 is 0 Å². The van der Waals surface area contributed by atoms with E-state index >= 15 is 0 Å². The Hall–Kier alpha value is -1.10. The first-order chi connectivity index (χ1) is 12.9. The smallest absolute Gasteiger partial charge is 0.870 e. The van der Waals surface area contributed by atoms with Gasteiger partial charge in [0.25, 0.3) is 0 Å². The van der Waals surface area contributed by atoms with Crippen LogP contribution in [0.25, 0.3) is 0 Å². The van der Waals surface area contributed by atoms with Crippen molar-refractivity contribution in [2.24, 2.45) is 0 Å². The third kappa shape index (κ3) is 14.0. The van der Waals surface area contributed by atoms with E-state index in [9.17, 15) is 13.2 Å². The van der Waals surface area contributed by atoms with Crippen molar-refractivity contribution in [3.05, 3.63) is 85.6 Å². The van der Waals surface area contributed by atoms with Crippen molar-refractivity contribution >= 4 is 34.0 Å². The van der Waals surface area contributed by atoms with E-state index in [0.717, 1.165) is 12.8 Å². The Morgan fingerprint density at radius 3 is 1.23 bits per heavy atom. The van der Waals surface area contributed by atoms with E-state index in [1.54, 1.807) is 0 Å². The van der Waals surface area contributed by atoms with Crippen LogP contribution in [0.4, 0.5) is 13.2 Å². The second kappa shape index (κ2) is 16.6. The number of alkyl halides is 3. The molecule has 0 fully saturated rings. The number of hydrogen-bond donors (Lipinski definition) is 0. The van der Waals surface area contributed by atoms with Gasteiger partial charge in [0.1, 0.15) is 0 Å². The summed E-state index contributed by atoms with van der Waals surface area (Å²) in [5.41, 5.74) is -2.97. The summed E-state index contributed by atoms with van der Waals surface area (Å²) in [6.07, 6.45) is 2.23. The molecular formula is C21H27F3O4SSn. The van der Waals surface area contributed by atoms with Crippen molar-refractivity contribution in [2.45, 2.75) is 44.0 Å². The van der Waals surface area contributed by atoms with E-state index in [0.29, 0.717) is 11.8 Å². The molecule has 0 saturated carbocycles. The molecule has 0 amide bonds. The molecule has 2 aromatic carbocycles. The summed E-state index contributed by atoms with van der Waals surface area (Å²) < 4.78 is 58.9. The second-order valence-electron chi connectivity index (χ2n) is 5.93. The Morgan fingerprint density at radius 1 is 0.833 bits per heavy atom. The standard InChI is InChI=1S/2C10H13.CHF3O3S.H2O.Sn/c2*1-3-9(2)10-7-5-4-6-8-10;2-1(3,4)8(5,6)7;;/h2*4-9H,2-3H2,1H3;(H,5,6,7);1H2;/q;;;;+2/p-2. The maximum absolute atomic E-state index is 10.7. The first-order valence-corrected chi connectivity index (χ1v) is 10.1. The van der Waals surface area contributed by atoms with Crippen molar-refractivity contribution in [3.63, 3.8) is 0 Å². The zero-order chi connectivity index (χ0) is 21.8. The van der Waals surface area contributed by atoms with Crippen LogP contribution in [-0.2, 0) is 10.1 Å². The van der Waals surface area contributed by atoms with Gasteiger partial charge < -0.3 is 10.0 Å². The molecule has 0 aliphatic carbocycles. The van der Waals surface area contributed by atoms with Gasteiger partial charge in [0.2, 0.25) is 0 Å². The zero-order valence-corrected chi connectivity index (χ0v) is 20.6. The zero-order valence-electron chi connectivity index (χ0n) is 17.0. The molecule has 0 heterocycles. The molecule has 2 unspecified atom stereocenters. The molecule has 2 atom stereocenters. The van der Waals surface area contributed by atoms with Crippen molar-refractivity contribution < 1.29 is 31.6 Å². The fourth-order valence-electron chi connectivity index (χ4n) is 1.92. The molecule has 0 bridgehead atoms. The van der Waals surface area contributed by atoms with E-state index in [4.69, 9.17) is 13.0 Å². The van der Waals surface area contributed by atoms with Crippen molar-refractivity contribution in [1.29, 1.82) is 0 Å². The van der Waals surface area contributed by atoms with Crippen molar-refractivity contribution in [2.75, 3.05) is 0 Å². The van der Waals surface area contributed by atoms with Crippen LogP contribution in [0.3, 0.4) is 0 Å². The minimum atomic E-state index is -6.09. The summed E-state index contributed by atoms with van der Waals surface area (Å²) >= 11 is 0. The first-order valence-electron chi connectivity index (χ1n) is 8.72. The van der Waals surface area contributed by atoms with E-state index < -0.39 is 15.6 Å². The number of halogens is 3. The predicted molar refractivity (Wildman–Crippen MR) is 113 cm³/mol. The molecule has 4 radical (unpaired) electrons. The summed E-state index contributed by atoms with van der Waals surface area (Å²) in [6.45, 7) is 12.4. The maximum Gasteiger partial charge on any atom is 2.00 e. The summed E-state index contributed by atoms with van der Waals surface area (Å²) in [7, 11) is -6.09. The summed E-state index contributed by atoms with van der Waals surface area (Å²) in [6, 6.07) is 20.8. The third-order valence-corrected chi connectivity index (χ3v) is 4.38. The van der Waals surface area contributed by atoms with Gasteiger partial charge in [-0.3, -0.25) is 0 Å². The number of hydrogen-bond acceptors (Lipinski definition) is 4. The Bertz CT molecular complexity index is 709. The normalized spacial score (nSPS) is 12.4. The van der Waals surface area contributed by atoms with Crippen LogP contribution in [0, 0.1) is 13.8 Å². The molecule has 0 aliphatic rings. The second-order valence-corrected chi connectivity index (χ2v) is 7.30. The molecule has 2 rings (SSSR count). The summed E-state index contributed by atoms with van der Waals surface area (Å²) in [5, 5.41) is 0. The molecule has 2 aromatic rings. The topological polar surface area (TPSA) is 87.2 Å². The fourth-order valence-corrected chi connectivity index (χ4v) is 1.92. The molecule has 0 aliphatic heterocycles. The fraction of sp³-hybridized carbons (Fsp3) is 0.333. The summed E-state index contributed by atoms with van der Waals surface area (Å²) in [5.74, 6) is 0.919. The van der Waals surface area contributed by atoms with Gasteiger partial charge >= 0.3 is 29.4 Å². The van der Waals surface area contributed by atoms with E-state index in [1.807, 2.05) is 12.1 Å². The van der Waals surface area contributed by atoms with E-state index in [-0.39, 0.29) is 29.4 Å². The van der Waals surface area contributed by atoms with Gasteiger partial charge in [-0.25, -0.2) is 8.42 Å². The molecular weight excluding hydrogens is 524 g/mol. The Kier molecular flexibility index (Phi) is 18.5. The van der Waals surface area contributed by atoms with Gasteiger partial charge in [-0.15, -0.1) is 0 Å². The van der Waals surface area contributed by atoms with Gasteiger partial charge in [0.15, 0.2) is 10.1 Å². The van der Waals surface area contributed by atoms with Crippen LogP contribution in [-0.4, -0.2) is 47.9 Å². The Morgan fingerprint density at radius 2 is 1.07 bits per heavy atom. The van der Waals surface area contributed by atoms with Gasteiger partial charge in [-0.1, -0.05) is 74.5 Å². The van der Waals surface area contributed by atoms with Crippen molar-refractivity contribution in [1.82, 2.24) is 0 Å². The first kappa shape index (κ1) is 33.5. The molecule has 4 nitrogen and oxygen atoms in total. The Labute approximate surface area is 194 Å². The molecule has 30 heavy (non-hydrogen) atoms. The third-order valence-electron chi connectivity index (χ3n) is 3.81. The molecule has 0 aromatic heterocycles. The summed E-state index contributed by atoms with van der Waals surface area (Å²) in [4.78, 5) is 0. The van der Waals surface area contributed by atoms with E-state index in [2.05, 4.69) is 76.2 Å². The average molecular weight is 551 g/mol. The number of benzene rings is 2. The molecule has 0 spiro atoms.